The average Bonchev–Trinajstić information content (AvgIpc) is 2.72. The minimum Gasteiger partial charge on any atom is -0.445 e. The molecule has 0 spiro atoms. The molecule has 1 amide bonds. The van der Waals surface area contributed by atoms with Gasteiger partial charge in [-0.1, -0.05) is 43.4 Å². The van der Waals surface area contributed by atoms with Crippen molar-refractivity contribution in [1.82, 2.24) is 4.90 Å². The first-order chi connectivity index (χ1) is 9.02. The Bertz CT molecular complexity index is 436. The average molecular weight is 279 g/mol. The number of ether oxygens (including phenoxy) is 1. The SMILES string of the molecule is C[Si]1(C)C[C@H](CO)N(C(=O)OCc2ccccc2)C1. The minimum atomic E-state index is -1.39. The van der Waals surface area contributed by atoms with Gasteiger partial charge in [-0.05, 0) is 11.6 Å². The van der Waals surface area contributed by atoms with Crippen LogP contribution in [0.3, 0.4) is 0 Å². The van der Waals surface area contributed by atoms with Gasteiger partial charge in [0, 0.05) is 6.17 Å². The van der Waals surface area contributed by atoms with Crippen molar-refractivity contribution < 1.29 is 14.6 Å². The summed E-state index contributed by atoms with van der Waals surface area (Å²) in [6.07, 6.45) is 0.465. The molecule has 0 aliphatic carbocycles. The fourth-order valence-corrected chi connectivity index (χ4v) is 5.65. The second-order valence-corrected chi connectivity index (χ2v) is 10.9. The Balaban J connectivity index is 1.93. The standard InChI is InChI=1S/C14H21NO3Si/c1-19(2)10-13(8-16)15(11-19)14(17)18-9-12-6-4-3-5-7-12/h3-7,13,16H,8-11H2,1-2H3/t13-/m0/s1. The number of nitrogens with zero attached hydrogens (tertiary/aromatic N) is 1. The molecule has 0 radical (unpaired) electrons. The fraction of sp³-hybridized carbons (Fsp3) is 0.500. The van der Waals surface area contributed by atoms with Crippen molar-refractivity contribution in [2.45, 2.75) is 31.8 Å². The smallest absolute Gasteiger partial charge is 0.410 e. The van der Waals surface area contributed by atoms with Gasteiger partial charge < -0.3 is 14.7 Å². The molecule has 0 bridgehead atoms. The van der Waals surface area contributed by atoms with Gasteiger partial charge in [0.25, 0.3) is 0 Å². The Labute approximate surface area is 115 Å². The zero-order chi connectivity index (χ0) is 13.9. The summed E-state index contributed by atoms with van der Waals surface area (Å²) in [6, 6.07) is 10.5. The van der Waals surface area contributed by atoms with Crippen LogP contribution in [0.25, 0.3) is 0 Å². The molecule has 0 aromatic heterocycles. The molecule has 104 valence electrons. The van der Waals surface area contributed by atoms with Crippen molar-refractivity contribution >= 4 is 14.2 Å². The Morgan fingerprint density at radius 2 is 2.11 bits per heavy atom. The lowest BCUT2D eigenvalue weighted by Crippen LogP contribution is -2.39. The van der Waals surface area contributed by atoms with Crippen molar-refractivity contribution in [3.63, 3.8) is 0 Å². The molecule has 1 aromatic carbocycles. The van der Waals surface area contributed by atoms with Crippen LogP contribution in [0.2, 0.25) is 19.1 Å². The quantitative estimate of drug-likeness (QED) is 0.863. The Morgan fingerprint density at radius 1 is 1.42 bits per heavy atom. The molecule has 0 unspecified atom stereocenters. The molecular formula is C14H21NO3Si. The van der Waals surface area contributed by atoms with Crippen molar-refractivity contribution in [2.75, 3.05) is 12.8 Å². The molecule has 1 atom stereocenters. The van der Waals surface area contributed by atoms with Crippen molar-refractivity contribution in [3.05, 3.63) is 35.9 Å². The first-order valence-electron chi connectivity index (χ1n) is 6.60. The first-order valence-corrected chi connectivity index (χ1v) is 10.0. The van der Waals surface area contributed by atoms with Gasteiger partial charge in [0.2, 0.25) is 0 Å². The number of aliphatic hydroxyl groups excluding tert-OH is 1. The van der Waals surface area contributed by atoms with Crippen LogP contribution in [0.4, 0.5) is 4.79 Å². The van der Waals surface area contributed by atoms with Crippen LogP contribution in [0.15, 0.2) is 30.3 Å². The van der Waals surface area contributed by atoms with Gasteiger partial charge in [0.15, 0.2) is 0 Å². The van der Waals surface area contributed by atoms with E-state index in [0.29, 0.717) is 0 Å². The van der Waals surface area contributed by atoms with Crippen LogP contribution in [0.1, 0.15) is 5.56 Å². The summed E-state index contributed by atoms with van der Waals surface area (Å²) in [4.78, 5) is 13.8. The Kier molecular flexibility index (Phi) is 4.26. The summed E-state index contributed by atoms with van der Waals surface area (Å²) >= 11 is 0. The molecule has 4 nitrogen and oxygen atoms in total. The number of benzene rings is 1. The number of carbonyl (C=O) groups excluding carboxylic acids is 1. The van der Waals surface area contributed by atoms with Gasteiger partial charge in [-0.15, -0.1) is 0 Å². The summed E-state index contributed by atoms with van der Waals surface area (Å²) in [5, 5.41) is 9.38. The summed E-state index contributed by atoms with van der Waals surface area (Å²) in [5.41, 5.74) is 0.979. The van der Waals surface area contributed by atoms with E-state index < -0.39 is 8.07 Å². The predicted octanol–water partition coefficient (Wildman–Crippen LogP) is 2.25. The van der Waals surface area contributed by atoms with E-state index in [1.54, 1.807) is 4.90 Å². The third kappa shape index (κ3) is 3.58. The van der Waals surface area contributed by atoms with Crippen LogP contribution >= 0.6 is 0 Å². The molecular weight excluding hydrogens is 258 g/mol. The second kappa shape index (κ2) is 5.75. The number of rotatable bonds is 3. The maximum atomic E-state index is 12.1. The van der Waals surface area contributed by atoms with Crippen molar-refractivity contribution in [1.29, 1.82) is 0 Å². The Morgan fingerprint density at radius 3 is 2.74 bits per heavy atom. The molecule has 1 aromatic rings. The lowest BCUT2D eigenvalue weighted by atomic mass is 10.2. The second-order valence-electron chi connectivity index (χ2n) is 5.87. The minimum absolute atomic E-state index is 0.0247. The van der Waals surface area contributed by atoms with E-state index in [2.05, 4.69) is 13.1 Å². The van der Waals surface area contributed by atoms with Gasteiger partial charge in [-0.2, -0.15) is 0 Å². The van der Waals surface area contributed by atoms with Gasteiger partial charge >= 0.3 is 6.09 Å². The van der Waals surface area contributed by atoms with E-state index in [-0.39, 0.29) is 25.3 Å². The zero-order valence-corrected chi connectivity index (χ0v) is 12.5. The molecule has 5 heteroatoms. The topological polar surface area (TPSA) is 49.8 Å². The molecule has 1 heterocycles. The monoisotopic (exact) mass is 279 g/mol. The highest BCUT2D eigenvalue weighted by Gasteiger charge is 2.41. The summed E-state index contributed by atoms with van der Waals surface area (Å²) in [5.74, 6) is 0. The predicted molar refractivity (Wildman–Crippen MR) is 76.5 cm³/mol. The van der Waals surface area contributed by atoms with E-state index >= 15 is 0 Å². The van der Waals surface area contributed by atoms with E-state index in [0.717, 1.165) is 17.8 Å². The van der Waals surface area contributed by atoms with Crippen molar-refractivity contribution in [3.8, 4) is 0 Å². The van der Waals surface area contributed by atoms with E-state index in [4.69, 9.17) is 4.74 Å². The highest BCUT2D eigenvalue weighted by molar-refractivity contribution is 6.78. The Hall–Kier alpha value is -1.33. The lowest BCUT2D eigenvalue weighted by molar-refractivity contribution is 0.0815. The summed E-state index contributed by atoms with van der Waals surface area (Å²) < 4.78 is 5.34. The summed E-state index contributed by atoms with van der Waals surface area (Å²) in [7, 11) is -1.39. The maximum Gasteiger partial charge on any atom is 0.410 e. The van der Waals surface area contributed by atoms with Gasteiger partial charge in [-0.25, -0.2) is 4.79 Å². The molecule has 1 aliphatic heterocycles. The van der Waals surface area contributed by atoms with Crippen LogP contribution in [0, 0.1) is 0 Å². The van der Waals surface area contributed by atoms with Crippen LogP contribution in [0.5, 0.6) is 0 Å². The van der Waals surface area contributed by atoms with E-state index in [1.165, 1.54) is 0 Å². The highest BCUT2D eigenvalue weighted by atomic mass is 28.3. The highest BCUT2D eigenvalue weighted by Crippen LogP contribution is 2.27. The third-order valence-electron chi connectivity index (χ3n) is 3.48. The molecule has 19 heavy (non-hydrogen) atoms. The fourth-order valence-electron chi connectivity index (χ4n) is 2.58. The normalized spacial score (nSPS) is 21.4. The number of aliphatic hydroxyl groups is 1. The van der Waals surface area contributed by atoms with Gasteiger partial charge in [0.05, 0.1) is 20.7 Å². The maximum absolute atomic E-state index is 12.1. The number of carbonyl (C=O) groups is 1. The van der Waals surface area contributed by atoms with E-state index in [9.17, 15) is 9.90 Å². The number of amides is 1. The van der Waals surface area contributed by atoms with Crippen LogP contribution < -0.4 is 0 Å². The van der Waals surface area contributed by atoms with Crippen LogP contribution in [-0.2, 0) is 11.3 Å². The largest absolute Gasteiger partial charge is 0.445 e. The molecule has 1 N–H and O–H groups in total. The van der Waals surface area contributed by atoms with Crippen molar-refractivity contribution in [2.24, 2.45) is 0 Å². The molecule has 1 fully saturated rings. The van der Waals surface area contributed by atoms with Crippen LogP contribution in [-0.4, -0.2) is 43.0 Å². The van der Waals surface area contributed by atoms with Gasteiger partial charge in [0.1, 0.15) is 6.61 Å². The zero-order valence-electron chi connectivity index (χ0n) is 11.5. The summed E-state index contributed by atoms with van der Waals surface area (Å²) in [6.45, 7) is 4.79. The number of hydrogen-bond acceptors (Lipinski definition) is 3. The molecule has 0 saturated carbocycles. The number of hydrogen-bond donors (Lipinski definition) is 1. The third-order valence-corrected chi connectivity index (χ3v) is 6.25. The lowest BCUT2D eigenvalue weighted by Gasteiger charge is -2.22. The van der Waals surface area contributed by atoms with E-state index in [1.807, 2.05) is 30.3 Å². The first kappa shape index (κ1) is 14.1. The molecule has 2 rings (SSSR count). The van der Waals surface area contributed by atoms with Gasteiger partial charge in [-0.3, -0.25) is 0 Å². The molecule has 1 aliphatic rings. The molecule has 1 saturated heterocycles.